The van der Waals surface area contributed by atoms with Crippen LogP contribution in [-0.4, -0.2) is 67.2 Å². The van der Waals surface area contributed by atoms with Crippen LogP contribution in [0.5, 0.6) is 0 Å². The molecule has 1 aromatic rings. The second-order valence-corrected chi connectivity index (χ2v) is 6.67. The number of rotatable bonds is 4. The van der Waals surface area contributed by atoms with Crippen molar-refractivity contribution < 1.29 is 32.3 Å². The molecule has 3 amide bonds. The Morgan fingerprint density at radius 1 is 1.21 bits per heavy atom. The highest BCUT2D eigenvalue weighted by Crippen LogP contribution is 2.26. The molecule has 2 unspecified atom stereocenters. The van der Waals surface area contributed by atoms with Crippen molar-refractivity contribution >= 4 is 23.4 Å². The van der Waals surface area contributed by atoms with Gasteiger partial charge in [-0.15, -0.1) is 0 Å². The lowest BCUT2D eigenvalue weighted by Gasteiger charge is -2.33. The molecule has 0 radical (unpaired) electrons. The van der Waals surface area contributed by atoms with E-state index >= 15 is 0 Å². The second-order valence-electron chi connectivity index (χ2n) is 6.67. The van der Waals surface area contributed by atoms with E-state index < -0.39 is 30.1 Å². The number of para-hydroxylation sites is 1. The highest BCUT2D eigenvalue weighted by atomic mass is 19.4. The summed E-state index contributed by atoms with van der Waals surface area (Å²) in [6, 6.07) is 7.81. The Bertz CT molecular complexity index is 741. The highest BCUT2D eigenvalue weighted by Gasteiger charge is 2.47. The van der Waals surface area contributed by atoms with Crippen LogP contribution in [-0.2, 0) is 19.1 Å². The molecule has 2 aliphatic rings. The number of benzene rings is 1. The topological polar surface area (TPSA) is 79.0 Å². The fourth-order valence-corrected chi connectivity index (χ4v) is 3.38. The minimum absolute atomic E-state index is 0.0278. The first-order valence-corrected chi connectivity index (χ1v) is 8.90. The van der Waals surface area contributed by atoms with Gasteiger partial charge in [0.15, 0.2) is 0 Å². The number of likely N-dealkylation sites (tertiary alicyclic amines) is 1. The molecular formula is C18H20F3N3O4. The number of alkyl halides is 3. The van der Waals surface area contributed by atoms with Gasteiger partial charge in [0.05, 0.1) is 12.6 Å². The lowest BCUT2D eigenvalue weighted by molar-refractivity contribution is -0.186. The van der Waals surface area contributed by atoms with E-state index in [1.807, 2.05) is 6.07 Å². The Balaban J connectivity index is 1.57. The third-order valence-corrected chi connectivity index (χ3v) is 4.76. The molecule has 152 valence electrons. The van der Waals surface area contributed by atoms with Gasteiger partial charge in [0.1, 0.15) is 12.6 Å². The summed E-state index contributed by atoms with van der Waals surface area (Å²) in [5, 5.41) is 2.55. The molecule has 2 aliphatic heterocycles. The fourth-order valence-electron chi connectivity index (χ4n) is 3.38. The van der Waals surface area contributed by atoms with Crippen molar-refractivity contribution in [3.05, 3.63) is 30.3 Å². The van der Waals surface area contributed by atoms with Crippen LogP contribution in [0.2, 0.25) is 0 Å². The molecule has 0 aromatic heterocycles. The molecule has 2 heterocycles. The molecule has 0 bridgehead atoms. The molecule has 1 aromatic carbocycles. The third kappa shape index (κ3) is 4.44. The minimum Gasteiger partial charge on any atom is -0.365 e. The first kappa shape index (κ1) is 20.1. The molecule has 1 N–H and O–H groups in total. The molecule has 2 atom stereocenters. The fraction of sp³-hybridized carbons (Fsp3) is 0.500. The van der Waals surface area contributed by atoms with Gasteiger partial charge in [0, 0.05) is 18.8 Å². The van der Waals surface area contributed by atoms with Gasteiger partial charge >= 0.3 is 12.1 Å². The van der Waals surface area contributed by atoms with E-state index in [1.54, 1.807) is 24.3 Å². The molecule has 28 heavy (non-hydrogen) atoms. The maximum absolute atomic E-state index is 12.7. The second kappa shape index (κ2) is 8.17. The first-order valence-electron chi connectivity index (χ1n) is 8.90. The molecule has 7 nitrogen and oxygen atoms in total. The summed E-state index contributed by atoms with van der Waals surface area (Å²) in [6.45, 7) is -0.0246. The number of ether oxygens (including phenoxy) is 1. The predicted molar refractivity (Wildman–Crippen MR) is 92.3 cm³/mol. The summed E-state index contributed by atoms with van der Waals surface area (Å²) in [6.07, 6.45) is -5.01. The van der Waals surface area contributed by atoms with Crippen LogP contribution >= 0.6 is 0 Å². The first-order chi connectivity index (χ1) is 13.3. The Hall–Kier alpha value is -2.62. The van der Waals surface area contributed by atoms with E-state index in [9.17, 15) is 27.6 Å². The standard InChI is InChI=1S/C18H20F3N3O4/c19-18(20,21)17(27)23-8-4-7-14(23)16(26)22-9-13-10-24(15(25)11-28-13)12-5-2-1-3-6-12/h1-3,5-6,13-14H,4,7-11H2,(H,22,26). The number of carbonyl (C=O) groups excluding carboxylic acids is 3. The monoisotopic (exact) mass is 399 g/mol. The van der Waals surface area contributed by atoms with Gasteiger partial charge < -0.3 is 19.9 Å². The van der Waals surface area contributed by atoms with Crippen molar-refractivity contribution in [1.82, 2.24) is 10.2 Å². The van der Waals surface area contributed by atoms with Crippen LogP contribution in [0.3, 0.4) is 0 Å². The van der Waals surface area contributed by atoms with Crippen LogP contribution in [0.4, 0.5) is 18.9 Å². The number of nitrogens with zero attached hydrogens (tertiary/aromatic N) is 2. The van der Waals surface area contributed by atoms with Crippen molar-refractivity contribution in [2.45, 2.75) is 31.2 Å². The normalized spacial score (nSPS) is 23.0. The van der Waals surface area contributed by atoms with Gasteiger partial charge in [-0.05, 0) is 25.0 Å². The van der Waals surface area contributed by atoms with Gasteiger partial charge in [-0.1, -0.05) is 18.2 Å². The average molecular weight is 399 g/mol. The number of hydrogen-bond donors (Lipinski definition) is 1. The molecule has 0 spiro atoms. The third-order valence-electron chi connectivity index (χ3n) is 4.76. The van der Waals surface area contributed by atoms with E-state index in [0.29, 0.717) is 17.0 Å². The van der Waals surface area contributed by atoms with E-state index in [0.717, 1.165) is 0 Å². The zero-order valence-corrected chi connectivity index (χ0v) is 14.9. The van der Waals surface area contributed by atoms with Crippen LogP contribution in [0.15, 0.2) is 30.3 Å². The van der Waals surface area contributed by atoms with E-state index in [-0.39, 0.29) is 38.6 Å². The number of amides is 3. The number of halogens is 3. The summed E-state index contributed by atoms with van der Waals surface area (Å²) in [4.78, 5) is 38.0. The smallest absolute Gasteiger partial charge is 0.365 e. The van der Waals surface area contributed by atoms with Gasteiger partial charge in [-0.2, -0.15) is 13.2 Å². The van der Waals surface area contributed by atoms with Crippen molar-refractivity contribution in [3.63, 3.8) is 0 Å². The molecule has 0 saturated carbocycles. The zero-order valence-electron chi connectivity index (χ0n) is 14.9. The molecule has 0 aliphatic carbocycles. The van der Waals surface area contributed by atoms with Gasteiger partial charge in [-0.3, -0.25) is 14.4 Å². The van der Waals surface area contributed by atoms with Crippen molar-refractivity contribution in [2.75, 3.05) is 31.1 Å². The van der Waals surface area contributed by atoms with E-state index in [1.165, 1.54) is 4.90 Å². The highest BCUT2D eigenvalue weighted by molar-refractivity contribution is 5.95. The number of anilines is 1. The Morgan fingerprint density at radius 3 is 2.61 bits per heavy atom. The summed E-state index contributed by atoms with van der Waals surface area (Å²) in [5.74, 6) is -2.87. The summed E-state index contributed by atoms with van der Waals surface area (Å²) < 4.78 is 43.4. The van der Waals surface area contributed by atoms with Gasteiger partial charge in [0.2, 0.25) is 5.91 Å². The van der Waals surface area contributed by atoms with Crippen LogP contribution in [0.1, 0.15) is 12.8 Å². The molecule has 2 saturated heterocycles. The summed E-state index contributed by atoms with van der Waals surface area (Å²) in [5.41, 5.74) is 0.699. The number of hydrogen-bond acceptors (Lipinski definition) is 4. The Morgan fingerprint density at radius 2 is 1.93 bits per heavy atom. The SMILES string of the molecule is O=C(NCC1CN(c2ccccc2)C(=O)CO1)C1CCCN1C(=O)C(F)(F)F. The lowest BCUT2D eigenvalue weighted by Crippen LogP contribution is -2.54. The summed E-state index contributed by atoms with van der Waals surface area (Å²) >= 11 is 0. The van der Waals surface area contributed by atoms with Crippen molar-refractivity contribution in [1.29, 1.82) is 0 Å². The van der Waals surface area contributed by atoms with Gasteiger partial charge in [-0.25, -0.2) is 0 Å². The van der Waals surface area contributed by atoms with Gasteiger partial charge in [0.25, 0.3) is 5.91 Å². The number of nitrogens with one attached hydrogen (secondary N) is 1. The average Bonchev–Trinajstić information content (AvgIpc) is 3.16. The molecule has 10 heteroatoms. The molecular weight excluding hydrogens is 379 g/mol. The predicted octanol–water partition coefficient (Wildman–Crippen LogP) is 1.09. The van der Waals surface area contributed by atoms with E-state index in [4.69, 9.17) is 4.74 Å². The Kier molecular flexibility index (Phi) is 5.87. The van der Waals surface area contributed by atoms with Crippen LogP contribution < -0.4 is 10.2 Å². The maximum atomic E-state index is 12.7. The zero-order chi connectivity index (χ0) is 20.3. The molecule has 3 rings (SSSR count). The quantitative estimate of drug-likeness (QED) is 0.822. The van der Waals surface area contributed by atoms with Crippen molar-refractivity contribution in [2.24, 2.45) is 0 Å². The minimum atomic E-state index is -5.01. The van der Waals surface area contributed by atoms with Crippen LogP contribution in [0, 0.1) is 0 Å². The Labute approximate surface area is 159 Å². The maximum Gasteiger partial charge on any atom is 0.471 e. The largest absolute Gasteiger partial charge is 0.471 e. The summed E-state index contributed by atoms with van der Waals surface area (Å²) in [7, 11) is 0. The number of morpholine rings is 1. The van der Waals surface area contributed by atoms with E-state index in [2.05, 4.69) is 5.32 Å². The number of carbonyl (C=O) groups is 3. The molecule has 2 fully saturated rings. The lowest BCUT2D eigenvalue weighted by atomic mass is 10.2. The van der Waals surface area contributed by atoms with Crippen LogP contribution in [0.25, 0.3) is 0 Å². The van der Waals surface area contributed by atoms with Crippen molar-refractivity contribution in [3.8, 4) is 0 Å².